The average Bonchev–Trinajstić information content (AvgIpc) is 2.75. The zero-order valence-corrected chi connectivity index (χ0v) is 16.5. The molecule has 0 spiro atoms. The van der Waals surface area contributed by atoms with E-state index in [4.69, 9.17) is 8.84 Å². The van der Waals surface area contributed by atoms with Crippen LogP contribution in [0.25, 0.3) is 0 Å². The number of benzene rings is 1. The van der Waals surface area contributed by atoms with Crippen molar-refractivity contribution in [2.24, 2.45) is 0 Å². The van der Waals surface area contributed by atoms with E-state index in [1.54, 1.807) is 0 Å². The highest BCUT2D eigenvalue weighted by Crippen LogP contribution is 2.38. The molecule has 0 saturated heterocycles. The van der Waals surface area contributed by atoms with Gasteiger partial charge in [-0.05, 0) is 50.0 Å². The lowest BCUT2D eigenvalue weighted by atomic mass is 10.1. The van der Waals surface area contributed by atoms with Gasteiger partial charge in [0.2, 0.25) is 8.32 Å². The van der Waals surface area contributed by atoms with Gasteiger partial charge in [-0.1, -0.05) is 39.0 Å². The summed E-state index contributed by atoms with van der Waals surface area (Å²) in [5.74, 6) is 2.73. The van der Waals surface area contributed by atoms with Gasteiger partial charge in [0.25, 0.3) is 0 Å². The van der Waals surface area contributed by atoms with Crippen LogP contribution in [0.1, 0.15) is 43.7 Å². The molecule has 0 aliphatic heterocycles. The van der Waals surface area contributed by atoms with Crippen molar-refractivity contribution in [1.29, 1.82) is 0 Å². The number of oxazole rings is 1. The third-order valence-corrected chi connectivity index (χ3v) is 9.17. The van der Waals surface area contributed by atoms with Crippen molar-refractivity contribution in [1.82, 2.24) is 4.98 Å². The lowest BCUT2D eigenvalue weighted by molar-refractivity contribution is 0.464. The topological polar surface area (TPSA) is 35.3 Å². The minimum absolute atomic E-state index is 0.191. The molecule has 0 aliphatic rings. The molecular weight excluding hydrogens is 302 g/mol. The second kappa shape index (κ2) is 6.52. The molecule has 0 unspecified atom stereocenters. The van der Waals surface area contributed by atoms with E-state index in [0.717, 1.165) is 35.9 Å². The lowest BCUT2D eigenvalue weighted by Gasteiger charge is -2.37. The highest BCUT2D eigenvalue weighted by molar-refractivity contribution is 6.74. The zero-order chi connectivity index (χ0) is 17.3. The molecule has 1 aromatic heterocycles. The Morgan fingerprint density at radius 3 is 2.30 bits per heavy atom. The number of nitrogens with zero attached hydrogens (tertiary/aromatic N) is 1. The molecule has 0 saturated carbocycles. The van der Waals surface area contributed by atoms with Crippen LogP contribution < -0.4 is 4.43 Å². The van der Waals surface area contributed by atoms with Gasteiger partial charge in [-0.15, -0.1) is 0 Å². The summed E-state index contributed by atoms with van der Waals surface area (Å²) in [4.78, 5) is 4.47. The SMILES string of the molecule is Cc1nc(CCc2ccccc2O[Si](C)(C)C(C)(C)C)oc1C. The van der Waals surface area contributed by atoms with E-state index >= 15 is 0 Å². The number of para-hydroxylation sites is 1. The van der Waals surface area contributed by atoms with Gasteiger partial charge in [-0.3, -0.25) is 0 Å². The maximum atomic E-state index is 6.50. The van der Waals surface area contributed by atoms with Gasteiger partial charge < -0.3 is 8.84 Å². The van der Waals surface area contributed by atoms with Crippen molar-refractivity contribution >= 4 is 8.32 Å². The minimum atomic E-state index is -1.83. The van der Waals surface area contributed by atoms with Crippen molar-refractivity contribution in [3.63, 3.8) is 0 Å². The number of aryl methyl sites for hydroxylation is 4. The van der Waals surface area contributed by atoms with Crippen molar-refractivity contribution in [2.45, 2.75) is 65.6 Å². The summed E-state index contributed by atoms with van der Waals surface area (Å²) < 4.78 is 12.2. The molecule has 126 valence electrons. The number of aromatic nitrogens is 1. The summed E-state index contributed by atoms with van der Waals surface area (Å²) in [7, 11) is -1.83. The van der Waals surface area contributed by atoms with Gasteiger partial charge in [-0.25, -0.2) is 4.98 Å². The van der Waals surface area contributed by atoms with Crippen molar-refractivity contribution in [3.05, 3.63) is 47.2 Å². The molecule has 0 bridgehead atoms. The van der Waals surface area contributed by atoms with Gasteiger partial charge in [-0.2, -0.15) is 0 Å². The molecular formula is C19H29NO2Si. The highest BCUT2D eigenvalue weighted by atomic mass is 28.4. The smallest absolute Gasteiger partial charge is 0.250 e. The largest absolute Gasteiger partial charge is 0.543 e. The average molecular weight is 332 g/mol. The Morgan fingerprint density at radius 1 is 1.09 bits per heavy atom. The molecule has 0 atom stereocenters. The Hall–Kier alpha value is -1.55. The third-order valence-electron chi connectivity index (χ3n) is 4.82. The maximum absolute atomic E-state index is 6.50. The van der Waals surface area contributed by atoms with Crippen LogP contribution in [0, 0.1) is 13.8 Å². The van der Waals surface area contributed by atoms with E-state index < -0.39 is 8.32 Å². The molecule has 23 heavy (non-hydrogen) atoms. The maximum Gasteiger partial charge on any atom is 0.250 e. The van der Waals surface area contributed by atoms with E-state index in [9.17, 15) is 0 Å². The summed E-state index contributed by atoms with van der Waals surface area (Å²) in [6.07, 6.45) is 1.68. The van der Waals surface area contributed by atoms with Gasteiger partial charge in [0, 0.05) is 6.42 Å². The molecule has 2 aromatic rings. The molecule has 1 heterocycles. The minimum Gasteiger partial charge on any atom is -0.543 e. The first-order chi connectivity index (χ1) is 10.6. The van der Waals surface area contributed by atoms with E-state index in [1.165, 1.54) is 5.56 Å². The second-order valence-corrected chi connectivity index (χ2v) is 12.4. The van der Waals surface area contributed by atoms with Crippen LogP contribution in [0.4, 0.5) is 0 Å². The van der Waals surface area contributed by atoms with E-state index in [0.29, 0.717) is 0 Å². The monoisotopic (exact) mass is 331 g/mol. The number of hydrogen-bond acceptors (Lipinski definition) is 3. The summed E-state index contributed by atoms with van der Waals surface area (Å²) in [6, 6.07) is 8.35. The molecule has 0 aliphatic carbocycles. The summed E-state index contributed by atoms with van der Waals surface area (Å²) in [5, 5.41) is 0.191. The Bertz CT molecular complexity index is 649. The zero-order valence-electron chi connectivity index (χ0n) is 15.5. The summed E-state index contributed by atoms with van der Waals surface area (Å²) >= 11 is 0. The predicted octanol–water partition coefficient (Wildman–Crippen LogP) is 5.46. The lowest BCUT2D eigenvalue weighted by Crippen LogP contribution is -2.44. The van der Waals surface area contributed by atoms with Crippen LogP contribution in [0.2, 0.25) is 18.1 Å². The number of rotatable bonds is 5. The highest BCUT2D eigenvalue weighted by Gasteiger charge is 2.39. The first-order valence-corrected chi connectivity index (χ1v) is 11.2. The van der Waals surface area contributed by atoms with Crippen LogP contribution in [0.15, 0.2) is 28.7 Å². The molecule has 3 nitrogen and oxygen atoms in total. The fraction of sp³-hybridized carbons (Fsp3) is 0.526. The van der Waals surface area contributed by atoms with Crippen LogP contribution in [-0.2, 0) is 12.8 Å². The second-order valence-electron chi connectivity index (χ2n) is 7.72. The fourth-order valence-electron chi connectivity index (χ4n) is 2.13. The predicted molar refractivity (Wildman–Crippen MR) is 97.7 cm³/mol. The van der Waals surface area contributed by atoms with Crippen molar-refractivity contribution in [2.75, 3.05) is 0 Å². The molecule has 0 N–H and O–H groups in total. The van der Waals surface area contributed by atoms with E-state index in [1.807, 2.05) is 19.9 Å². The molecule has 0 fully saturated rings. The van der Waals surface area contributed by atoms with Gasteiger partial charge in [0.05, 0.1) is 5.69 Å². The van der Waals surface area contributed by atoms with Gasteiger partial charge in [0.15, 0.2) is 5.89 Å². The fourth-order valence-corrected chi connectivity index (χ4v) is 3.18. The molecule has 4 heteroatoms. The molecule has 1 aromatic carbocycles. The van der Waals surface area contributed by atoms with Crippen LogP contribution >= 0.6 is 0 Å². The Morgan fingerprint density at radius 2 is 1.74 bits per heavy atom. The van der Waals surface area contributed by atoms with Gasteiger partial charge >= 0.3 is 0 Å². The quantitative estimate of drug-likeness (QED) is 0.682. The third kappa shape index (κ3) is 4.25. The summed E-state index contributed by atoms with van der Waals surface area (Å²) in [5.41, 5.74) is 2.21. The first kappa shape index (κ1) is 17.8. The molecule has 0 radical (unpaired) electrons. The Labute approximate surface area is 141 Å². The van der Waals surface area contributed by atoms with Crippen LogP contribution in [0.3, 0.4) is 0 Å². The summed E-state index contributed by atoms with van der Waals surface area (Å²) in [6.45, 7) is 15.3. The van der Waals surface area contributed by atoms with Crippen molar-refractivity contribution in [3.8, 4) is 5.75 Å². The standard InChI is InChI=1S/C19H29NO2Si/c1-14-15(2)21-18(20-14)13-12-16-10-8-9-11-17(16)22-23(6,7)19(3,4)5/h8-11H,12-13H2,1-7H3. The van der Waals surface area contributed by atoms with Crippen molar-refractivity contribution < 1.29 is 8.84 Å². The number of hydrogen-bond donors (Lipinski definition) is 0. The van der Waals surface area contributed by atoms with Gasteiger partial charge in [0.1, 0.15) is 11.5 Å². The molecule has 0 amide bonds. The Kier molecular flexibility index (Phi) is 5.04. The molecule has 2 rings (SSSR count). The van der Waals surface area contributed by atoms with Crippen LogP contribution in [0.5, 0.6) is 5.75 Å². The normalized spacial score (nSPS) is 12.5. The first-order valence-electron chi connectivity index (χ1n) is 8.30. The van der Waals surface area contributed by atoms with E-state index in [-0.39, 0.29) is 5.04 Å². The van der Waals surface area contributed by atoms with E-state index in [2.05, 4.69) is 57.0 Å². The Balaban J connectivity index is 2.14. The van der Waals surface area contributed by atoms with Crippen LogP contribution in [-0.4, -0.2) is 13.3 Å².